The molecular formula is C9H13Br. The normalized spacial score (nSPS) is 19.4. The molecule has 0 bridgehead atoms. The molecule has 0 radical (unpaired) electrons. The van der Waals surface area contributed by atoms with Crippen molar-refractivity contribution in [3.8, 4) is 11.8 Å². The van der Waals surface area contributed by atoms with Crippen molar-refractivity contribution in [2.45, 2.75) is 37.4 Å². The molecule has 0 amide bonds. The van der Waals surface area contributed by atoms with E-state index in [-0.39, 0.29) is 0 Å². The van der Waals surface area contributed by atoms with Crippen LogP contribution >= 0.6 is 15.9 Å². The first kappa shape index (κ1) is 8.14. The summed E-state index contributed by atoms with van der Waals surface area (Å²) in [7, 11) is 0. The lowest BCUT2D eigenvalue weighted by Gasteiger charge is -1.93. The molecule has 0 aliphatic heterocycles. The van der Waals surface area contributed by atoms with E-state index >= 15 is 0 Å². The molecular weight excluding hydrogens is 188 g/mol. The van der Waals surface area contributed by atoms with Crippen LogP contribution in [0.3, 0.4) is 0 Å². The Morgan fingerprint density at radius 1 is 1.60 bits per heavy atom. The highest BCUT2D eigenvalue weighted by molar-refractivity contribution is 9.09. The maximum atomic E-state index is 3.56. The molecule has 1 heteroatoms. The Kier molecular flexibility index (Phi) is 3.28. The van der Waals surface area contributed by atoms with Crippen molar-refractivity contribution in [3.05, 3.63) is 0 Å². The number of hydrogen-bond donors (Lipinski definition) is 0. The van der Waals surface area contributed by atoms with Crippen LogP contribution in [0.4, 0.5) is 0 Å². The van der Waals surface area contributed by atoms with E-state index in [1.54, 1.807) is 0 Å². The third-order valence-corrected chi connectivity index (χ3v) is 2.63. The smallest absolute Gasteiger partial charge is 0.0782 e. The highest BCUT2D eigenvalue weighted by Gasteiger charge is 2.27. The fourth-order valence-electron chi connectivity index (χ4n) is 0.801. The van der Waals surface area contributed by atoms with Gasteiger partial charge in [0.2, 0.25) is 0 Å². The molecule has 1 unspecified atom stereocenters. The van der Waals surface area contributed by atoms with E-state index in [9.17, 15) is 0 Å². The monoisotopic (exact) mass is 200 g/mol. The molecule has 0 N–H and O–H groups in total. The SMILES string of the molecule is CCCC#CC(Br)C1CC1. The second kappa shape index (κ2) is 4.03. The van der Waals surface area contributed by atoms with Gasteiger partial charge >= 0.3 is 0 Å². The summed E-state index contributed by atoms with van der Waals surface area (Å²) in [5.74, 6) is 7.24. The van der Waals surface area contributed by atoms with Gasteiger partial charge in [-0.15, -0.1) is 5.92 Å². The van der Waals surface area contributed by atoms with Gasteiger partial charge in [-0.05, 0) is 25.2 Å². The molecule has 1 aliphatic carbocycles. The van der Waals surface area contributed by atoms with Gasteiger partial charge in [0.1, 0.15) is 0 Å². The third kappa shape index (κ3) is 2.75. The van der Waals surface area contributed by atoms with Gasteiger partial charge in [-0.3, -0.25) is 0 Å². The first-order valence-electron chi connectivity index (χ1n) is 3.97. The summed E-state index contributed by atoms with van der Waals surface area (Å²) in [6.45, 7) is 2.16. The highest BCUT2D eigenvalue weighted by Crippen LogP contribution is 2.36. The molecule has 0 aromatic heterocycles. The summed E-state index contributed by atoms with van der Waals surface area (Å²) < 4.78 is 0. The number of hydrogen-bond acceptors (Lipinski definition) is 0. The lowest BCUT2D eigenvalue weighted by atomic mass is 10.2. The topological polar surface area (TPSA) is 0 Å². The largest absolute Gasteiger partial charge is 0.102 e. The second-order valence-electron chi connectivity index (χ2n) is 2.81. The minimum Gasteiger partial charge on any atom is -0.102 e. The lowest BCUT2D eigenvalue weighted by molar-refractivity contribution is 0.909. The molecule has 1 aliphatic rings. The first-order valence-corrected chi connectivity index (χ1v) is 4.88. The maximum absolute atomic E-state index is 3.56. The number of rotatable bonds is 2. The summed E-state index contributed by atoms with van der Waals surface area (Å²) in [5, 5.41) is 0. The van der Waals surface area contributed by atoms with Crippen molar-refractivity contribution < 1.29 is 0 Å². The standard InChI is InChI=1S/C9H13Br/c1-2-3-4-5-9(10)8-6-7-8/h8-9H,2-3,6-7H2,1H3. The zero-order valence-electron chi connectivity index (χ0n) is 6.36. The van der Waals surface area contributed by atoms with E-state index in [1.807, 2.05) is 0 Å². The van der Waals surface area contributed by atoms with Crippen molar-refractivity contribution in [2.75, 3.05) is 0 Å². The average molecular weight is 201 g/mol. The molecule has 10 heavy (non-hydrogen) atoms. The van der Waals surface area contributed by atoms with E-state index in [2.05, 4.69) is 34.7 Å². The first-order chi connectivity index (χ1) is 4.84. The van der Waals surface area contributed by atoms with Gasteiger partial charge < -0.3 is 0 Å². The molecule has 0 heterocycles. The van der Waals surface area contributed by atoms with Crippen LogP contribution in [0, 0.1) is 17.8 Å². The van der Waals surface area contributed by atoms with Crippen LogP contribution in [0.15, 0.2) is 0 Å². The summed E-state index contributed by atoms with van der Waals surface area (Å²) in [6.07, 6.45) is 4.97. The van der Waals surface area contributed by atoms with Crippen LogP contribution in [-0.4, -0.2) is 4.83 Å². The molecule has 1 atom stereocenters. The van der Waals surface area contributed by atoms with Crippen LogP contribution in [0.25, 0.3) is 0 Å². The summed E-state index contributed by atoms with van der Waals surface area (Å²) in [5.41, 5.74) is 0. The number of halogens is 1. The lowest BCUT2D eigenvalue weighted by Crippen LogP contribution is -1.94. The predicted molar refractivity (Wildman–Crippen MR) is 48.1 cm³/mol. The molecule has 0 spiro atoms. The Balaban J connectivity index is 2.16. The summed E-state index contributed by atoms with van der Waals surface area (Å²) in [6, 6.07) is 0. The molecule has 1 rings (SSSR count). The van der Waals surface area contributed by atoms with Gasteiger partial charge in [0.25, 0.3) is 0 Å². The molecule has 1 saturated carbocycles. The Labute approximate surface area is 71.5 Å². The zero-order valence-corrected chi connectivity index (χ0v) is 7.95. The Morgan fingerprint density at radius 2 is 2.30 bits per heavy atom. The summed E-state index contributed by atoms with van der Waals surface area (Å²) in [4.78, 5) is 0.485. The van der Waals surface area contributed by atoms with Gasteiger partial charge in [0.15, 0.2) is 0 Å². The van der Waals surface area contributed by atoms with Gasteiger partial charge in [-0.25, -0.2) is 0 Å². The fourth-order valence-corrected chi connectivity index (χ4v) is 1.49. The van der Waals surface area contributed by atoms with Crippen molar-refractivity contribution in [2.24, 2.45) is 5.92 Å². The molecule has 0 aromatic rings. The summed E-state index contributed by atoms with van der Waals surface area (Å²) >= 11 is 3.56. The van der Waals surface area contributed by atoms with Crippen LogP contribution in [0.2, 0.25) is 0 Å². The average Bonchev–Trinajstić information content (AvgIpc) is 2.69. The van der Waals surface area contributed by atoms with E-state index in [0.717, 1.165) is 12.3 Å². The second-order valence-corrected chi connectivity index (χ2v) is 3.80. The van der Waals surface area contributed by atoms with Crippen LogP contribution in [0.1, 0.15) is 32.6 Å². The molecule has 0 nitrogen and oxygen atoms in total. The van der Waals surface area contributed by atoms with Gasteiger partial charge in [0, 0.05) is 6.42 Å². The van der Waals surface area contributed by atoms with Crippen molar-refractivity contribution >= 4 is 15.9 Å². The molecule has 1 fully saturated rings. The molecule has 0 aromatic carbocycles. The van der Waals surface area contributed by atoms with Crippen molar-refractivity contribution in [3.63, 3.8) is 0 Å². The Morgan fingerprint density at radius 3 is 2.80 bits per heavy atom. The highest BCUT2D eigenvalue weighted by atomic mass is 79.9. The number of unbranched alkanes of at least 4 members (excludes halogenated alkanes) is 1. The van der Waals surface area contributed by atoms with Gasteiger partial charge in [-0.2, -0.15) is 0 Å². The fraction of sp³-hybridized carbons (Fsp3) is 0.778. The third-order valence-electron chi connectivity index (χ3n) is 1.65. The molecule has 56 valence electrons. The van der Waals surface area contributed by atoms with E-state index < -0.39 is 0 Å². The molecule has 0 saturated heterocycles. The minimum atomic E-state index is 0.485. The maximum Gasteiger partial charge on any atom is 0.0782 e. The van der Waals surface area contributed by atoms with Crippen LogP contribution in [0.5, 0.6) is 0 Å². The quantitative estimate of drug-likeness (QED) is 0.476. The van der Waals surface area contributed by atoms with Crippen LogP contribution < -0.4 is 0 Å². The van der Waals surface area contributed by atoms with E-state index in [4.69, 9.17) is 0 Å². The van der Waals surface area contributed by atoms with E-state index in [1.165, 1.54) is 19.3 Å². The van der Waals surface area contributed by atoms with E-state index in [0.29, 0.717) is 4.83 Å². The zero-order chi connectivity index (χ0) is 7.40. The van der Waals surface area contributed by atoms with Gasteiger partial charge in [0.05, 0.1) is 4.83 Å². The van der Waals surface area contributed by atoms with Crippen LogP contribution in [-0.2, 0) is 0 Å². The van der Waals surface area contributed by atoms with Crippen molar-refractivity contribution in [1.82, 2.24) is 0 Å². The minimum absolute atomic E-state index is 0.485. The van der Waals surface area contributed by atoms with Gasteiger partial charge in [-0.1, -0.05) is 28.8 Å². The van der Waals surface area contributed by atoms with Crippen molar-refractivity contribution in [1.29, 1.82) is 0 Å². The predicted octanol–water partition coefficient (Wildman–Crippen LogP) is 2.96. The Hall–Kier alpha value is 0.0400. The number of alkyl halides is 1. The Bertz CT molecular complexity index is 148.